The third kappa shape index (κ3) is 2.10. The first-order chi connectivity index (χ1) is 18.3. The van der Waals surface area contributed by atoms with Crippen molar-refractivity contribution in [3.05, 3.63) is 143 Å². The van der Waals surface area contributed by atoms with Gasteiger partial charge in [-0.1, -0.05) is 91.0 Å². The highest BCUT2D eigenvalue weighted by molar-refractivity contribution is 7.26. The number of rotatable bonds is 0. The lowest BCUT2D eigenvalue weighted by Gasteiger charge is -2.39. The fraction of sp³-hybridized carbons (Fsp3) is 0.0294. The average molecular weight is 487 g/mol. The maximum absolute atomic E-state index is 7.67. The second kappa shape index (κ2) is 6.56. The number of hydrogen-bond acceptors (Lipinski definition) is 1. The molecule has 0 radical (unpaired) electrons. The van der Waals surface area contributed by atoms with Gasteiger partial charge in [-0.15, -0.1) is 11.3 Å². The zero-order valence-electron chi connectivity index (χ0n) is 19.7. The molecule has 9 rings (SSSR count). The van der Waals surface area contributed by atoms with Crippen LogP contribution in [0.5, 0.6) is 0 Å². The summed E-state index contributed by atoms with van der Waals surface area (Å²) in [5.41, 5.74) is 11.7. The lowest BCUT2D eigenvalue weighted by atomic mass is 9.65. The first-order valence-electron chi connectivity index (χ1n) is 12.5. The molecule has 0 fully saturated rings. The molecule has 0 bridgehead atoms. The minimum Gasteiger partial charge on any atom is -0.307 e. The molecule has 2 aliphatic rings. The Balaban J connectivity index is 1.57. The number of aromatic nitrogens is 1. The van der Waals surface area contributed by atoms with Crippen LogP contribution in [0.4, 0.5) is 5.69 Å². The molecule has 5 aromatic carbocycles. The van der Waals surface area contributed by atoms with E-state index in [2.05, 4.69) is 113 Å². The van der Waals surface area contributed by atoms with Crippen molar-refractivity contribution in [2.75, 3.05) is 0 Å². The van der Waals surface area contributed by atoms with Crippen molar-refractivity contribution < 1.29 is 0 Å². The predicted octanol–water partition coefficient (Wildman–Crippen LogP) is 9.23. The summed E-state index contributed by atoms with van der Waals surface area (Å²) in [7, 11) is 0. The summed E-state index contributed by atoms with van der Waals surface area (Å²) in [6, 6.07) is 39.6. The van der Waals surface area contributed by atoms with Crippen molar-refractivity contribution in [1.29, 1.82) is 0 Å². The zero-order chi connectivity index (χ0) is 24.3. The minimum absolute atomic E-state index is 0.436. The van der Waals surface area contributed by atoms with Crippen LogP contribution in [0.1, 0.15) is 22.3 Å². The maximum atomic E-state index is 7.67. The van der Waals surface area contributed by atoms with E-state index in [0.29, 0.717) is 5.69 Å². The molecule has 1 spiro atoms. The molecule has 1 aliphatic heterocycles. The van der Waals surface area contributed by atoms with Crippen molar-refractivity contribution in [1.82, 2.24) is 4.57 Å². The predicted molar refractivity (Wildman–Crippen MR) is 153 cm³/mol. The van der Waals surface area contributed by atoms with Crippen LogP contribution in [0.15, 0.2) is 109 Å². The Labute approximate surface area is 217 Å². The minimum atomic E-state index is -0.436. The molecular weight excluding hydrogens is 468 g/mol. The van der Waals surface area contributed by atoms with E-state index in [1.165, 1.54) is 70.3 Å². The van der Waals surface area contributed by atoms with Crippen LogP contribution in [0.2, 0.25) is 0 Å². The van der Waals surface area contributed by atoms with Gasteiger partial charge in [-0.25, -0.2) is 4.85 Å². The number of hydrogen-bond donors (Lipinski definition) is 0. The highest BCUT2D eigenvalue weighted by Crippen LogP contribution is 2.61. The molecule has 3 heteroatoms. The van der Waals surface area contributed by atoms with Crippen LogP contribution < -0.4 is 0 Å². The normalized spacial score (nSPS) is 16.7. The van der Waals surface area contributed by atoms with E-state index >= 15 is 0 Å². The second-order valence-corrected chi connectivity index (χ2v) is 11.0. The number of thiophene rings is 1. The number of benzene rings is 5. The van der Waals surface area contributed by atoms with Gasteiger partial charge in [-0.2, -0.15) is 0 Å². The van der Waals surface area contributed by atoms with E-state index in [1.54, 1.807) is 0 Å². The van der Waals surface area contributed by atoms with E-state index in [4.69, 9.17) is 6.57 Å². The molecule has 0 amide bonds. The molecule has 170 valence electrons. The molecule has 2 nitrogen and oxygen atoms in total. The molecule has 2 aromatic heterocycles. The van der Waals surface area contributed by atoms with Gasteiger partial charge < -0.3 is 4.57 Å². The Bertz CT molecular complexity index is 2170. The van der Waals surface area contributed by atoms with Gasteiger partial charge >= 0.3 is 0 Å². The molecular formula is C34H18N2S. The molecule has 1 aliphatic carbocycles. The topological polar surface area (TPSA) is 9.29 Å². The summed E-state index contributed by atoms with van der Waals surface area (Å²) in [6.07, 6.45) is 0. The summed E-state index contributed by atoms with van der Waals surface area (Å²) in [5, 5.41) is 2.62. The summed E-state index contributed by atoms with van der Waals surface area (Å²) in [6.45, 7) is 7.67. The molecule has 3 heterocycles. The van der Waals surface area contributed by atoms with Crippen LogP contribution in [-0.4, -0.2) is 4.57 Å². The standard InChI is InChI=1S/C34H18N2S/c1-35-20-17-18-26-24(19-20)21-9-2-4-12-25(21)34(26)27-13-5-6-15-29(27)36-31-23(11-8-14-28(31)34)33-32(36)22-10-3-7-16-30(22)37-33/h2-19H. The van der Waals surface area contributed by atoms with Crippen molar-refractivity contribution in [3.8, 4) is 16.8 Å². The Kier molecular flexibility index (Phi) is 3.46. The highest BCUT2D eigenvalue weighted by Gasteiger charge is 2.50. The number of fused-ring (bicyclic) bond motifs is 14. The average Bonchev–Trinajstić information content (AvgIpc) is 3.59. The third-order valence-corrected chi connectivity index (χ3v) is 9.60. The van der Waals surface area contributed by atoms with E-state index in [9.17, 15) is 0 Å². The number of nitrogens with zero attached hydrogens (tertiary/aromatic N) is 2. The van der Waals surface area contributed by atoms with Gasteiger partial charge in [0, 0.05) is 15.5 Å². The van der Waals surface area contributed by atoms with Gasteiger partial charge in [0.25, 0.3) is 0 Å². The van der Waals surface area contributed by atoms with E-state index in [0.717, 1.165) is 0 Å². The Hall–Kier alpha value is -4.65. The van der Waals surface area contributed by atoms with Crippen molar-refractivity contribution in [2.45, 2.75) is 5.41 Å². The highest BCUT2D eigenvalue weighted by atomic mass is 32.1. The third-order valence-electron chi connectivity index (χ3n) is 8.41. The monoisotopic (exact) mass is 486 g/mol. The van der Waals surface area contributed by atoms with Crippen LogP contribution >= 0.6 is 11.3 Å². The molecule has 1 unspecified atom stereocenters. The quantitative estimate of drug-likeness (QED) is 0.189. The summed E-state index contributed by atoms with van der Waals surface area (Å²) in [4.78, 5) is 3.77. The van der Waals surface area contributed by atoms with Crippen LogP contribution in [0.25, 0.3) is 52.9 Å². The van der Waals surface area contributed by atoms with Gasteiger partial charge in [-0.05, 0) is 51.6 Å². The van der Waals surface area contributed by atoms with Crippen LogP contribution in [0, 0.1) is 6.57 Å². The lowest BCUT2D eigenvalue weighted by Crippen LogP contribution is -2.33. The fourth-order valence-electron chi connectivity index (χ4n) is 7.11. The van der Waals surface area contributed by atoms with Gasteiger partial charge in [0.05, 0.1) is 33.4 Å². The summed E-state index contributed by atoms with van der Waals surface area (Å²) in [5.74, 6) is 0. The van der Waals surface area contributed by atoms with Gasteiger partial charge in [0.2, 0.25) is 0 Å². The first kappa shape index (κ1) is 19.5. The van der Waals surface area contributed by atoms with Gasteiger partial charge in [0.1, 0.15) is 0 Å². The molecule has 7 aromatic rings. The fourth-order valence-corrected chi connectivity index (χ4v) is 8.33. The summed E-state index contributed by atoms with van der Waals surface area (Å²) < 4.78 is 5.19. The van der Waals surface area contributed by atoms with E-state index in [1.807, 2.05) is 17.4 Å². The van der Waals surface area contributed by atoms with E-state index < -0.39 is 5.41 Å². The Morgan fingerprint density at radius 1 is 0.622 bits per heavy atom. The molecule has 0 saturated carbocycles. The van der Waals surface area contributed by atoms with Crippen molar-refractivity contribution in [3.63, 3.8) is 0 Å². The number of para-hydroxylation sites is 2. The zero-order valence-corrected chi connectivity index (χ0v) is 20.5. The van der Waals surface area contributed by atoms with Crippen molar-refractivity contribution in [2.24, 2.45) is 0 Å². The largest absolute Gasteiger partial charge is 0.307 e. The van der Waals surface area contributed by atoms with Crippen molar-refractivity contribution >= 4 is 48.2 Å². The molecule has 37 heavy (non-hydrogen) atoms. The SMILES string of the molecule is [C-]#[N+]c1ccc2c(c1)-c1ccccc1C21c2ccccc2-n2c3c1cccc3c1sc3ccccc3c12. The Morgan fingerprint density at radius 3 is 2.27 bits per heavy atom. The first-order valence-corrected chi connectivity index (χ1v) is 13.3. The van der Waals surface area contributed by atoms with Crippen LogP contribution in [-0.2, 0) is 5.41 Å². The van der Waals surface area contributed by atoms with Gasteiger partial charge in [0.15, 0.2) is 5.69 Å². The van der Waals surface area contributed by atoms with Gasteiger partial charge in [-0.3, -0.25) is 0 Å². The van der Waals surface area contributed by atoms with Crippen LogP contribution in [0.3, 0.4) is 0 Å². The lowest BCUT2D eigenvalue weighted by molar-refractivity contribution is 0.749. The Morgan fingerprint density at radius 2 is 1.35 bits per heavy atom. The molecule has 1 atom stereocenters. The smallest absolute Gasteiger partial charge is 0.187 e. The van der Waals surface area contributed by atoms with E-state index in [-0.39, 0.29) is 0 Å². The molecule has 0 N–H and O–H groups in total. The molecule has 0 saturated heterocycles. The second-order valence-electron chi connectivity index (χ2n) is 9.97. The summed E-state index contributed by atoms with van der Waals surface area (Å²) >= 11 is 1.89. The maximum Gasteiger partial charge on any atom is 0.187 e.